The summed E-state index contributed by atoms with van der Waals surface area (Å²) in [5.41, 5.74) is 8.15. The summed E-state index contributed by atoms with van der Waals surface area (Å²) in [4.78, 5) is 2.91. The van der Waals surface area contributed by atoms with Crippen LogP contribution in [0.1, 0.15) is 71.6 Å². The molecular formula is C20H33N3O2. The van der Waals surface area contributed by atoms with Gasteiger partial charge in [0.1, 0.15) is 0 Å². The summed E-state index contributed by atoms with van der Waals surface area (Å²) in [5, 5.41) is 25.2. The van der Waals surface area contributed by atoms with Crippen molar-refractivity contribution in [3.8, 4) is 0 Å². The maximum atomic E-state index is 11.3. The fourth-order valence-corrected chi connectivity index (χ4v) is 7.75. The van der Waals surface area contributed by atoms with Crippen LogP contribution in [-0.2, 0) is 0 Å². The van der Waals surface area contributed by atoms with Crippen LogP contribution in [0.25, 0.3) is 10.4 Å². The van der Waals surface area contributed by atoms with Gasteiger partial charge in [0.05, 0.1) is 18.2 Å². The predicted octanol–water partition coefficient (Wildman–Crippen LogP) is 4.43. The average molecular weight is 348 g/mol. The Morgan fingerprint density at radius 1 is 1.04 bits per heavy atom. The van der Waals surface area contributed by atoms with E-state index in [2.05, 4.69) is 23.9 Å². The van der Waals surface area contributed by atoms with Crippen LogP contribution < -0.4 is 0 Å². The first kappa shape index (κ1) is 17.6. The second kappa shape index (κ2) is 5.87. The first-order chi connectivity index (χ1) is 11.8. The molecule has 0 unspecified atom stereocenters. The number of hydrogen-bond acceptors (Lipinski definition) is 3. The predicted molar refractivity (Wildman–Crippen MR) is 96.7 cm³/mol. The van der Waals surface area contributed by atoms with Crippen LogP contribution in [0.5, 0.6) is 0 Å². The molecule has 0 aromatic heterocycles. The van der Waals surface area contributed by atoms with E-state index in [0.29, 0.717) is 23.2 Å². The number of aliphatic hydroxyl groups excluding tert-OH is 1. The average Bonchev–Trinajstić information content (AvgIpc) is 2.85. The molecule has 4 aliphatic rings. The zero-order valence-electron chi connectivity index (χ0n) is 15.7. The fraction of sp³-hybridized carbons (Fsp3) is 1.00. The number of rotatable bonds is 2. The van der Waals surface area contributed by atoms with Crippen LogP contribution in [0.3, 0.4) is 0 Å². The summed E-state index contributed by atoms with van der Waals surface area (Å²) in [6.45, 7) is 4.97. The highest BCUT2D eigenvalue weighted by Crippen LogP contribution is 2.68. The fourth-order valence-electron chi connectivity index (χ4n) is 7.75. The van der Waals surface area contributed by atoms with Gasteiger partial charge in [-0.1, -0.05) is 19.0 Å². The SMILES string of the molecule is C[C@]12CC[C@H](O)C[C@@H]1CC[C@@H]1[C@@H]2CC[C@@]2(C)[C@H]1CC[C@@]2(O)CN=[N+]=[N-]. The summed E-state index contributed by atoms with van der Waals surface area (Å²) in [7, 11) is 0. The van der Waals surface area contributed by atoms with Crippen LogP contribution >= 0.6 is 0 Å². The molecule has 4 saturated carbocycles. The minimum atomic E-state index is -0.824. The van der Waals surface area contributed by atoms with Crippen molar-refractivity contribution in [2.24, 2.45) is 39.6 Å². The third-order valence-electron chi connectivity index (χ3n) is 9.36. The Morgan fingerprint density at radius 3 is 2.56 bits per heavy atom. The summed E-state index contributed by atoms with van der Waals surface area (Å²) >= 11 is 0. The van der Waals surface area contributed by atoms with Crippen molar-refractivity contribution < 1.29 is 10.2 Å². The molecule has 0 aromatic rings. The van der Waals surface area contributed by atoms with Gasteiger partial charge in [-0.05, 0) is 97.8 Å². The Morgan fingerprint density at radius 2 is 1.80 bits per heavy atom. The Labute approximate surface area is 150 Å². The van der Waals surface area contributed by atoms with Gasteiger partial charge in [0.15, 0.2) is 0 Å². The lowest BCUT2D eigenvalue weighted by Gasteiger charge is -2.61. The smallest absolute Gasteiger partial charge is 0.0760 e. The number of hydrogen-bond donors (Lipinski definition) is 2. The summed E-state index contributed by atoms with van der Waals surface area (Å²) < 4.78 is 0. The molecule has 8 atom stereocenters. The summed E-state index contributed by atoms with van der Waals surface area (Å²) in [5.74, 6) is 2.65. The van der Waals surface area contributed by atoms with Crippen LogP contribution in [0.4, 0.5) is 0 Å². The maximum absolute atomic E-state index is 11.3. The molecule has 5 nitrogen and oxygen atoms in total. The molecule has 0 radical (unpaired) electrons. The topological polar surface area (TPSA) is 89.2 Å². The number of nitrogens with zero attached hydrogens (tertiary/aromatic N) is 3. The minimum absolute atomic E-state index is 0.0936. The molecule has 2 N–H and O–H groups in total. The van der Waals surface area contributed by atoms with Gasteiger partial charge in [-0.2, -0.15) is 0 Å². The summed E-state index contributed by atoms with van der Waals surface area (Å²) in [6, 6.07) is 0. The first-order valence-corrected chi connectivity index (χ1v) is 10.3. The highest BCUT2D eigenvalue weighted by molar-refractivity contribution is 5.14. The molecule has 5 heteroatoms. The van der Waals surface area contributed by atoms with Gasteiger partial charge < -0.3 is 10.2 Å². The van der Waals surface area contributed by atoms with E-state index in [4.69, 9.17) is 5.53 Å². The lowest BCUT2D eigenvalue weighted by atomic mass is 9.44. The summed E-state index contributed by atoms with van der Waals surface area (Å²) in [6.07, 6.45) is 9.55. The Hall–Kier alpha value is -0.770. The van der Waals surface area contributed by atoms with E-state index in [1.165, 1.54) is 19.3 Å². The van der Waals surface area contributed by atoms with Crippen molar-refractivity contribution in [3.05, 3.63) is 10.4 Å². The Bertz CT molecular complexity index is 591. The Balaban J connectivity index is 1.61. The van der Waals surface area contributed by atoms with Gasteiger partial charge >= 0.3 is 0 Å². The second-order valence-electron chi connectivity index (χ2n) is 10.0. The van der Waals surface area contributed by atoms with Gasteiger partial charge in [-0.3, -0.25) is 0 Å². The third-order valence-corrected chi connectivity index (χ3v) is 9.36. The van der Waals surface area contributed by atoms with E-state index < -0.39 is 5.60 Å². The lowest BCUT2D eigenvalue weighted by Crippen LogP contribution is -2.57. The van der Waals surface area contributed by atoms with Crippen molar-refractivity contribution in [2.45, 2.75) is 83.3 Å². The molecule has 4 aliphatic carbocycles. The van der Waals surface area contributed by atoms with Crippen molar-refractivity contribution in [1.82, 2.24) is 0 Å². The van der Waals surface area contributed by atoms with E-state index in [0.717, 1.165) is 44.4 Å². The molecule has 0 aliphatic heterocycles. The number of fused-ring (bicyclic) bond motifs is 5. The molecule has 25 heavy (non-hydrogen) atoms. The van der Waals surface area contributed by atoms with Gasteiger partial charge in [-0.15, -0.1) is 0 Å². The van der Waals surface area contributed by atoms with Crippen molar-refractivity contribution >= 4 is 0 Å². The lowest BCUT2D eigenvalue weighted by molar-refractivity contribution is -0.155. The third kappa shape index (κ3) is 2.39. The number of azide groups is 1. The highest BCUT2D eigenvalue weighted by Gasteiger charge is 2.64. The monoisotopic (exact) mass is 347 g/mol. The second-order valence-corrected chi connectivity index (χ2v) is 10.0. The zero-order valence-corrected chi connectivity index (χ0v) is 15.7. The first-order valence-electron chi connectivity index (χ1n) is 10.3. The quantitative estimate of drug-likeness (QED) is 0.439. The number of aliphatic hydroxyl groups is 2. The molecule has 140 valence electrons. The van der Waals surface area contributed by atoms with E-state index in [1.807, 2.05) is 0 Å². The van der Waals surface area contributed by atoms with Crippen molar-refractivity contribution in [1.29, 1.82) is 0 Å². The standard InChI is InChI=1S/C20H33N3O2/c1-18-8-5-14(24)11-13(18)3-4-15-16(18)6-9-19(2)17(15)7-10-20(19,25)12-22-23-21/h13-17,24-25H,3-12H2,1-2H3/t13-,14-,15+,16-,17-,18-,19-,20+/m0/s1. The van der Waals surface area contributed by atoms with Crippen molar-refractivity contribution in [2.75, 3.05) is 6.54 Å². The molecule has 4 fully saturated rings. The van der Waals surface area contributed by atoms with Crippen molar-refractivity contribution in [3.63, 3.8) is 0 Å². The van der Waals surface area contributed by atoms with E-state index >= 15 is 0 Å². The van der Waals surface area contributed by atoms with Gasteiger partial charge in [0.2, 0.25) is 0 Å². The molecule has 4 rings (SSSR count). The minimum Gasteiger partial charge on any atom is -0.393 e. The molecule has 0 bridgehead atoms. The molecular weight excluding hydrogens is 314 g/mol. The highest BCUT2D eigenvalue weighted by atomic mass is 16.3. The van der Waals surface area contributed by atoms with Crippen LogP contribution in [0, 0.1) is 34.5 Å². The Kier molecular flexibility index (Phi) is 4.14. The van der Waals surface area contributed by atoms with Gasteiger partial charge in [-0.25, -0.2) is 0 Å². The van der Waals surface area contributed by atoms with Crippen LogP contribution in [-0.4, -0.2) is 28.5 Å². The van der Waals surface area contributed by atoms with Crippen LogP contribution in [0.15, 0.2) is 5.11 Å². The molecule has 0 spiro atoms. The normalized spacial score (nSPS) is 54.8. The molecule has 0 aromatic carbocycles. The van der Waals surface area contributed by atoms with Crippen LogP contribution in [0.2, 0.25) is 0 Å². The van der Waals surface area contributed by atoms with E-state index in [1.54, 1.807) is 0 Å². The maximum Gasteiger partial charge on any atom is 0.0760 e. The largest absolute Gasteiger partial charge is 0.393 e. The molecule has 0 heterocycles. The molecule has 0 amide bonds. The van der Waals surface area contributed by atoms with Gasteiger partial charge in [0.25, 0.3) is 0 Å². The van der Waals surface area contributed by atoms with E-state index in [-0.39, 0.29) is 18.1 Å². The van der Waals surface area contributed by atoms with Gasteiger partial charge in [0, 0.05) is 4.91 Å². The van der Waals surface area contributed by atoms with E-state index in [9.17, 15) is 10.2 Å². The molecule has 0 saturated heterocycles. The zero-order chi connectivity index (χ0) is 17.9.